The monoisotopic (exact) mass is 311 g/mol. The first kappa shape index (κ1) is 14.3. The Morgan fingerprint density at radius 3 is 2.74 bits per heavy atom. The van der Waals surface area contributed by atoms with E-state index < -0.39 is 0 Å². The van der Waals surface area contributed by atoms with Crippen LogP contribution in [0.1, 0.15) is 16.7 Å². The Balaban J connectivity index is 1.67. The van der Waals surface area contributed by atoms with Crippen LogP contribution in [0.5, 0.6) is 0 Å². The van der Waals surface area contributed by atoms with E-state index in [2.05, 4.69) is 43.5 Å². The summed E-state index contributed by atoms with van der Waals surface area (Å²) in [7, 11) is 0. The maximum atomic E-state index is 11.8. The SMILES string of the molecule is Cc1c(N2Cc3cccc(N4CCNCC4)c3C2)cn[nH]c1=O. The summed E-state index contributed by atoms with van der Waals surface area (Å²) >= 11 is 0. The molecule has 0 atom stereocenters. The molecule has 3 heterocycles. The van der Waals surface area contributed by atoms with Gasteiger partial charge in [-0.1, -0.05) is 12.1 Å². The molecule has 0 saturated carbocycles. The van der Waals surface area contributed by atoms with Crippen LogP contribution in [0.15, 0.2) is 29.2 Å². The highest BCUT2D eigenvalue weighted by Gasteiger charge is 2.26. The summed E-state index contributed by atoms with van der Waals surface area (Å²) < 4.78 is 0. The molecule has 1 aromatic heterocycles. The highest BCUT2D eigenvalue weighted by molar-refractivity contribution is 5.63. The fourth-order valence-electron chi connectivity index (χ4n) is 3.54. The molecule has 2 aromatic rings. The van der Waals surface area contributed by atoms with Crippen LogP contribution in [0, 0.1) is 6.92 Å². The number of rotatable bonds is 2. The van der Waals surface area contributed by atoms with Gasteiger partial charge >= 0.3 is 0 Å². The summed E-state index contributed by atoms with van der Waals surface area (Å²) in [5, 5.41) is 9.87. The van der Waals surface area contributed by atoms with Crippen molar-refractivity contribution in [3.63, 3.8) is 0 Å². The van der Waals surface area contributed by atoms with Gasteiger partial charge in [0.1, 0.15) is 0 Å². The summed E-state index contributed by atoms with van der Waals surface area (Å²) in [5.41, 5.74) is 5.62. The van der Waals surface area contributed by atoms with E-state index in [4.69, 9.17) is 0 Å². The summed E-state index contributed by atoms with van der Waals surface area (Å²) in [6, 6.07) is 6.55. The molecule has 2 aliphatic rings. The number of fused-ring (bicyclic) bond motifs is 1. The predicted octanol–water partition coefficient (Wildman–Crippen LogP) is 1.01. The molecule has 120 valence electrons. The van der Waals surface area contributed by atoms with Crippen LogP contribution in [0.25, 0.3) is 0 Å². The van der Waals surface area contributed by atoms with Gasteiger partial charge in [-0.25, -0.2) is 5.10 Å². The molecule has 0 bridgehead atoms. The van der Waals surface area contributed by atoms with Crippen molar-refractivity contribution < 1.29 is 0 Å². The third kappa shape index (κ3) is 2.49. The van der Waals surface area contributed by atoms with Crippen LogP contribution in [0.2, 0.25) is 0 Å². The number of piperazine rings is 1. The van der Waals surface area contributed by atoms with Crippen molar-refractivity contribution in [1.82, 2.24) is 15.5 Å². The second-order valence-corrected chi connectivity index (χ2v) is 6.22. The van der Waals surface area contributed by atoms with Gasteiger partial charge in [-0.2, -0.15) is 5.10 Å². The molecule has 4 rings (SSSR count). The zero-order valence-corrected chi connectivity index (χ0v) is 13.3. The largest absolute Gasteiger partial charge is 0.369 e. The first-order chi connectivity index (χ1) is 11.2. The fraction of sp³-hybridized carbons (Fsp3) is 0.412. The zero-order valence-electron chi connectivity index (χ0n) is 13.3. The molecule has 6 nitrogen and oxygen atoms in total. The van der Waals surface area contributed by atoms with Gasteiger partial charge in [-0.15, -0.1) is 0 Å². The molecule has 2 aliphatic heterocycles. The van der Waals surface area contributed by atoms with Crippen molar-refractivity contribution in [1.29, 1.82) is 0 Å². The third-order valence-electron chi connectivity index (χ3n) is 4.83. The van der Waals surface area contributed by atoms with E-state index in [-0.39, 0.29) is 5.56 Å². The maximum Gasteiger partial charge on any atom is 0.269 e. The Kier molecular flexibility index (Phi) is 3.53. The molecule has 1 aromatic carbocycles. The summed E-state index contributed by atoms with van der Waals surface area (Å²) in [6.07, 6.45) is 1.76. The van der Waals surface area contributed by atoms with Crippen LogP contribution in [-0.4, -0.2) is 36.4 Å². The van der Waals surface area contributed by atoms with E-state index in [0.29, 0.717) is 0 Å². The number of H-pyrrole nitrogens is 1. The van der Waals surface area contributed by atoms with Gasteiger partial charge < -0.3 is 15.1 Å². The molecule has 2 N–H and O–H groups in total. The molecule has 6 heteroatoms. The molecule has 0 unspecified atom stereocenters. The van der Waals surface area contributed by atoms with Gasteiger partial charge in [0, 0.05) is 50.5 Å². The Morgan fingerprint density at radius 1 is 1.09 bits per heavy atom. The molecule has 1 fully saturated rings. The lowest BCUT2D eigenvalue weighted by molar-refractivity contribution is 0.588. The van der Waals surface area contributed by atoms with E-state index >= 15 is 0 Å². The maximum absolute atomic E-state index is 11.8. The number of nitrogens with one attached hydrogen (secondary N) is 2. The summed E-state index contributed by atoms with van der Waals surface area (Å²) in [6.45, 7) is 7.68. The Bertz CT molecular complexity index is 779. The van der Waals surface area contributed by atoms with Gasteiger partial charge in [-0.05, 0) is 24.1 Å². The van der Waals surface area contributed by atoms with Gasteiger partial charge in [0.15, 0.2) is 0 Å². The van der Waals surface area contributed by atoms with Crippen molar-refractivity contribution in [2.75, 3.05) is 36.0 Å². The number of aromatic amines is 1. The Morgan fingerprint density at radius 2 is 1.91 bits per heavy atom. The van der Waals surface area contributed by atoms with Gasteiger partial charge in [0.2, 0.25) is 0 Å². The van der Waals surface area contributed by atoms with Crippen molar-refractivity contribution in [3.8, 4) is 0 Å². The highest BCUT2D eigenvalue weighted by atomic mass is 16.1. The average Bonchev–Trinajstić information content (AvgIpc) is 3.02. The highest BCUT2D eigenvalue weighted by Crippen LogP contribution is 2.34. The van der Waals surface area contributed by atoms with Gasteiger partial charge in [-0.3, -0.25) is 4.79 Å². The standard InChI is InChI=1S/C17H21N5O/c1-12-16(9-19-20-17(12)23)22-10-13-3-2-4-15(14(13)11-22)21-7-5-18-6-8-21/h2-4,9,18H,5-8,10-11H2,1H3,(H,20,23). The molecular formula is C17H21N5O. The number of benzene rings is 1. The molecule has 23 heavy (non-hydrogen) atoms. The van der Waals surface area contributed by atoms with Crippen molar-refractivity contribution in [2.24, 2.45) is 0 Å². The average molecular weight is 311 g/mol. The molecular weight excluding hydrogens is 290 g/mol. The zero-order chi connectivity index (χ0) is 15.8. The van der Waals surface area contributed by atoms with Crippen molar-refractivity contribution in [2.45, 2.75) is 20.0 Å². The smallest absolute Gasteiger partial charge is 0.269 e. The minimum atomic E-state index is -0.110. The van der Waals surface area contributed by atoms with E-state index in [1.807, 2.05) is 6.92 Å². The van der Waals surface area contributed by atoms with Crippen LogP contribution in [0.3, 0.4) is 0 Å². The van der Waals surface area contributed by atoms with E-state index in [9.17, 15) is 4.79 Å². The number of anilines is 2. The molecule has 1 saturated heterocycles. The summed E-state index contributed by atoms with van der Waals surface area (Å²) in [5.74, 6) is 0. The minimum Gasteiger partial charge on any atom is -0.369 e. The van der Waals surface area contributed by atoms with E-state index in [1.54, 1.807) is 6.20 Å². The van der Waals surface area contributed by atoms with Gasteiger partial charge in [0.05, 0.1) is 11.9 Å². The lowest BCUT2D eigenvalue weighted by Crippen LogP contribution is -2.43. The minimum absolute atomic E-state index is 0.110. The third-order valence-corrected chi connectivity index (χ3v) is 4.83. The fourth-order valence-corrected chi connectivity index (χ4v) is 3.54. The lowest BCUT2D eigenvalue weighted by atomic mass is 10.1. The van der Waals surface area contributed by atoms with Crippen molar-refractivity contribution in [3.05, 3.63) is 51.4 Å². The first-order valence-corrected chi connectivity index (χ1v) is 8.09. The molecule has 0 spiro atoms. The number of hydrogen-bond donors (Lipinski definition) is 2. The number of nitrogens with zero attached hydrogens (tertiary/aromatic N) is 3. The molecule has 0 aliphatic carbocycles. The number of aromatic nitrogens is 2. The van der Waals surface area contributed by atoms with E-state index in [0.717, 1.165) is 50.5 Å². The quantitative estimate of drug-likeness (QED) is 0.866. The van der Waals surface area contributed by atoms with Gasteiger partial charge in [0.25, 0.3) is 5.56 Å². The lowest BCUT2D eigenvalue weighted by Gasteiger charge is -2.31. The van der Waals surface area contributed by atoms with Crippen LogP contribution < -0.4 is 20.7 Å². The number of hydrogen-bond acceptors (Lipinski definition) is 5. The Labute approximate surface area is 135 Å². The second-order valence-electron chi connectivity index (χ2n) is 6.22. The topological polar surface area (TPSA) is 64.3 Å². The normalized spacial score (nSPS) is 17.4. The first-order valence-electron chi connectivity index (χ1n) is 8.09. The van der Waals surface area contributed by atoms with E-state index in [1.165, 1.54) is 16.8 Å². The predicted molar refractivity (Wildman–Crippen MR) is 91.0 cm³/mol. The van der Waals surface area contributed by atoms with Crippen LogP contribution in [-0.2, 0) is 13.1 Å². The Hall–Kier alpha value is -2.34. The van der Waals surface area contributed by atoms with Crippen LogP contribution >= 0.6 is 0 Å². The molecule has 0 radical (unpaired) electrons. The second kappa shape index (κ2) is 5.70. The van der Waals surface area contributed by atoms with Crippen LogP contribution in [0.4, 0.5) is 11.4 Å². The summed E-state index contributed by atoms with van der Waals surface area (Å²) in [4.78, 5) is 16.5. The van der Waals surface area contributed by atoms with Crippen molar-refractivity contribution >= 4 is 11.4 Å². The molecule has 0 amide bonds.